The summed E-state index contributed by atoms with van der Waals surface area (Å²) in [6.45, 7) is 4.05. The van der Waals surface area contributed by atoms with Gasteiger partial charge in [0.15, 0.2) is 5.78 Å². The first-order valence-electron chi connectivity index (χ1n) is 7.35. The number of rotatable bonds is 3. The highest BCUT2D eigenvalue weighted by Gasteiger charge is 2.43. The van der Waals surface area contributed by atoms with Crippen LogP contribution in [0.5, 0.6) is 0 Å². The van der Waals surface area contributed by atoms with Crippen LogP contribution in [0.15, 0.2) is 18.2 Å². The Morgan fingerprint density at radius 3 is 2.40 bits per heavy atom. The van der Waals surface area contributed by atoms with Gasteiger partial charge in [-0.2, -0.15) is 0 Å². The minimum absolute atomic E-state index is 0.145. The normalized spacial score (nSPS) is 26.8. The van der Waals surface area contributed by atoms with Gasteiger partial charge in [0, 0.05) is 5.56 Å². The fourth-order valence-corrected chi connectivity index (χ4v) is 3.25. The third kappa shape index (κ3) is 2.64. The molecular weight excluding hydrogens is 253 g/mol. The number of nitrogens with zero attached hydrogens (tertiary/aromatic N) is 1. The minimum Gasteiger partial charge on any atom is -0.297 e. The van der Waals surface area contributed by atoms with E-state index in [1.165, 1.54) is 12.1 Å². The highest BCUT2D eigenvalue weighted by atomic mass is 19.1. The fraction of sp³-hybridized carbons (Fsp3) is 0.588. The van der Waals surface area contributed by atoms with E-state index < -0.39 is 5.54 Å². The van der Waals surface area contributed by atoms with Gasteiger partial charge in [0.1, 0.15) is 5.82 Å². The van der Waals surface area contributed by atoms with E-state index >= 15 is 0 Å². The molecule has 0 saturated heterocycles. The fourth-order valence-electron chi connectivity index (χ4n) is 3.25. The Labute approximate surface area is 121 Å². The van der Waals surface area contributed by atoms with E-state index in [4.69, 9.17) is 0 Å². The molecule has 110 valence electrons. The first-order chi connectivity index (χ1) is 9.36. The molecule has 0 aromatic heterocycles. The topological polar surface area (TPSA) is 20.3 Å². The molecule has 0 atom stereocenters. The molecule has 1 saturated carbocycles. The van der Waals surface area contributed by atoms with E-state index in [-0.39, 0.29) is 11.6 Å². The van der Waals surface area contributed by atoms with Gasteiger partial charge in [-0.3, -0.25) is 9.69 Å². The van der Waals surface area contributed by atoms with E-state index in [0.717, 1.165) is 31.2 Å². The second-order valence-electron chi connectivity index (χ2n) is 6.40. The van der Waals surface area contributed by atoms with E-state index in [0.29, 0.717) is 11.5 Å². The summed E-state index contributed by atoms with van der Waals surface area (Å²) < 4.78 is 13.2. The number of carbonyl (C=O) groups is 1. The van der Waals surface area contributed by atoms with Crippen LogP contribution in [0.3, 0.4) is 0 Å². The first kappa shape index (κ1) is 15.2. The molecule has 2 nitrogen and oxygen atoms in total. The third-order valence-electron chi connectivity index (χ3n) is 4.81. The summed E-state index contributed by atoms with van der Waals surface area (Å²) in [6.07, 6.45) is 3.92. The Morgan fingerprint density at radius 2 is 1.90 bits per heavy atom. The quantitative estimate of drug-likeness (QED) is 0.783. The van der Waals surface area contributed by atoms with E-state index in [1.54, 1.807) is 6.07 Å². The first-order valence-corrected chi connectivity index (χ1v) is 7.35. The van der Waals surface area contributed by atoms with E-state index in [1.807, 2.05) is 21.0 Å². The van der Waals surface area contributed by atoms with Crippen molar-refractivity contribution in [3.8, 4) is 0 Å². The van der Waals surface area contributed by atoms with Crippen LogP contribution in [0.4, 0.5) is 4.39 Å². The van der Waals surface area contributed by atoms with Crippen molar-refractivity contribution in [3.63, 3.8) is 0 Å². The maximum Gasteiger partial charge on any atom is 0.183 e. The van der Waals surface area contributed by atoms with Crippen LogP contribution in [0.1, 0.15) is 48.5 Å². The number of Topliss-reactive ketones (excluding diaryl/α,β-unsaturated/α-hetero) is 1. The summed E-state index contributed by atoms with van der Waals surface area (Å²) in [5.41, 5.74) is 0.972. The summed E-state index contributed by atoms with van der Waals surface area (Å²) in [6, 6.07) is 4.47. The van der Waals surface area contributed by atoms with Crippen molar-refractivity contribution in [2.75, 3.05) is 14.1 Å². The summed E-state index contributed by atoms with van der Waals surface area (Å²) >= 11 is 0. The monoisotopic (exact) mass is 277 g/mol. The summed E-state index contributed by atoms with van der Waals surface area (Å²) in [4.78, 5) is 15.1. The van der Waals surface area contributed by atoms with E-state index in [2.05, 4.69) is 11.8 Å². The van der Waals surface area contributed by atoms with Gasteiger partial charge in [-0.25, -0.2) is 4.39 Å². The largest absolute Gasteiger partial charge is 0.297 e. The smallest absolute Gasteiger partial charge is 0.183 e. The lowest BCUT2D eigenvalue weighted by Crippen LogP contribution is -2.53. The molecule has 0 amide bonds. The minimum atomic E-state index is -0.422. The van der Waals surface area contributed by atoms with Crippen molar-refractivity contribution in [1.82, 2.24) is 4.90 Å². The molecule has 0 unspecified atom stereocenters. The zero-order chi connectivity index (χ0) is 14.9. The summed E-state index contributed by atoms with van der Waals surface area (Å²) in [5.74, 6) is 0.548. The Hall–Kier alpha value is -1.22. The Morgan fingerprint density at radius 1 is 1.30 bits per heavy atom. The van der Waals surface area contributed by atoms with Crippen molar-refractivity contribution >= 4 is 5.78 Å². The van der Waals surface area contributed by atoms with Gasteiger partial charge in [0.2, 0.25) is 0 Å². The van der Waals surface area contributed by atoms with Crippen molar-refractivity contribution in [1.29, 1.82) is 0 Å². The Kier molecular flexibility index (Phi) is 4.28. The van der Waals surface area contributed by atoms with Gasteiger partial charge in [0.05, 0.1) is 5.54 Å². The molecule has 3 heteroatoms. The number of halogens is 1. The molecule has 0 aliphatic heterocycles. The number of likely N-dealkylation sites (N-methyl/N-ethyl adjacent to an activating group) is 1. The number of benzene rings is 1. The number of hydrogen-bond acceptors (Lipinski definition) is 2. The third-order valence-corrected chi connectivity index (χ3v) is 4.81. The average Bonchev–Trinajstić information content (AvgIpc) is 2.39. The predicted octanol–water partition coefficient (Wildman–Crippen LogP) is 3.83. The van der Waals surface area contributed by atoms with Gasteiger partial charge in [-0.15, -0.1) is 0 Å². The number of ketones is 1. The van der Waals surface area contributed by atoms with Crippen molar-refractivity contribution < 1.29 is 9.18 Å². The average molecular weight is 277 g/mol. The molecule has 1 fully saturated rings. The van der Waals surface area contributed by atoms with Gasteiger partial charge >= 0.3 is 0 Å². The van der Waals surface area contributed by atoms with Gasteiger partial charge in [-0.05, 0) is 76.4 Å². The maximum absolute atomic E-state index is 13.2. The van der Waals surface area contributed by atoms with Gasteiger partial charge in [0.25, 0.3) is 0 Å². The van der Waals surface area contributed by atoms with Crippen LogP contribution >= 0.6 is 0 Å². The summed E-state index contributed by atoms with van der Waals surface area (Å²) in [7, 11) is 3.96. The van der Waals surface area contributed by atoms with Crippen molar-refractivity contribution in [2.24, 2.45) is 5.92 Å². The molecule has 0 bridgehead atoms. The van der Waals surface area contributed by atoms with Crippen LogP contribution in [-0.4, -0.2) is 30.3 Å². The number of hydrogen-bond donors (Lipinski definition) is 0. The molecule has 0 radical (unpaired) electrons. The van der Waals surface area contributed by atoms with Crippen LogP contribution < -0.4 is 0 Å². The number of carbonyl (C=O) groups excluding carboxylic acids is 1. The highest BCUT2D eigenvalue weighted by molar-refractivity contribution is 6.04. The van der Waals surface area contributed by atoms with Crippen molar-refractivity contribution in [3.05, 3.63) is 35.1 Å². The lowest BCUT2D eigenvalue weighted by Gasteiger charge is -2.43. The second-order valence-corrected chi connectivity index (χ2v) is 6.40. The molecule has 1 aliphatic carbocycles. The van der Waals surface area contributed by atoms with Crippen LogP contribution in [-0.2, 0) is 0 Å². The second kappa shape index (κ2) is 5.65. The van der Waals surface area contributed by atoms with Gasteiger partial charge < -0.3 is 0 Å². The molecule has 1 aromatic carbocycles. The standard InChI is InChI=1S/C17H24FNO/c1-12-7-9-17(10-8-12,19(3)4)16(20)15-6-5-14(18)11-13(15)2/h5-6,11-12H,7-10H2,1-4H3. The lowest BCUT2D eigenvalue weighted by molar-refractivity contribution is 0.0512. The Balaban J connectivity index is 2.37. The zero-order valence-electron chi connectivity index (χ0n) is 12.9. The molecular formula is C17H24FNO. The Bertz CT molecular complexity index is 502. The van der Waals surface area contributed by atoms with E-state index in [9.17, 15) is 9.18 Å². The highest BCUT2D eigenvalue weighted by Crippen LogP contribution is 2.38. The number of aryl methyl sites for hydroxylation is 1. The van der Waals surface area contributed by atoms with Crippen molar-refractivity contribution in [2.45, 2.75) is 45.1 Å². The molecule has 0 heterocycles. The molecule has 1 aromatic rings. The molecule has 1 aliphatic rings. The SMILES string of the molecule is Cc1cc(F)ccc1C(=O)C1(N(C)C)CCC(C)CC1. The molecule has 2 rings (SSSR count). The molecule has 0 spiro atoms. The summed E-state index contributed by atoms with van der Waals surface area (Å²) in [5, 5.41) is 0. The lowest BCUT2D eigenvalue weighted by atomic mass is 9.72. The van der Waals surface area contributed by atoms with Crippen LogP contribution in [0.25, 0.3) is 0 Å². The zero-order valence-corrected chi connectivity index (χ0v) is 12.9. The van der Waals surface area contributed by atoms with Crippen LogP contribution in [0.2, 0.25) is 0 Å². The molecule has 20 heavy (non-hydrogen) atoms. The molecule has 0 N–H and O–H groups in total. The van der Waals surface area contributed by atoms with Gasteiger partial charge in [-0.1, -0.05) is 6.92 Å². The predicted molar refractivity (Wildman–Crippen MR) is 79.5 cm³/mol. The maximum atomic E-state index is 13.2. The van der Waals surface area contributed by atoms with Crippen LogP contribution in [0, 0.1) is 18.7 Å².